The van der Waals surface area contributed by atoms with Crippen LogP contribution in [-0.4, -0.2) is 13.2 Å². The Bertz CT molecular complexity index is 114. The van der Waals surface area contributed by atoms with Crippen molar-refractivity contribution in [2.45, 2.75) is 13.8 Å². The van der Waals surface area contributed by atoms with Crippen LogP contribution in [0.4, 0.5) is 25.2 Å². The Kier molecular flexibility index (Phi) is 7.20. The first kappa shape index (κ1) is 19.2. The van der Waals surface area contributed by atoms with Crippen molar-refractivity contribution in [2.24, 2.45) is 0 Å². The van der Waals surface area contributed by atoms with Gasteiger partial charge in [-0.1, -0.05) is 0 Å². The van der Waals surface area contributed by atoms with Crippen LogP contribution >= 0.6 is 7.81 Å². The molecule has 0 fully saturated rings. The van der Waals surface area contributed by atoms with Crippen molar-refractivity contribution in [3.63, 3.8) is 0 Å². The fourth-order valence-corrected chi connectivity index (χ4v) is 0.204. The summed E-state index contributed by atoms with van der Waals surface area (Å²) >= 11 is 0. The summed E-state index contributed by atoms with van der Waals surface area (Å²) < 4.78 is 64.0. The maximum Gasteiger partial charge on any atom is 1.00 e. The number of hydrogen-bond acceptors (Lipinski definition) is 1. The van der Waals surface area contributed by atoms with Crippen molar-refractivity contribution < 1.29 is 48.8 Å². The Morgan fingerprint density at radius 2 is 1.00 bits per heavy atom. The molecule has 0 aromatic rings. The molecule has 0 aromatic carbocycles. The third kappa shape index (κ3) is 213. The van der Waals surface area contributed by atoms with Gasteiger partial charge in [0, 0.05) is 13.2 Å². The molecule has 0 aliphatic carbocycles. The summed E-state index contributed by atoms with van der Waals surface area (Å²) in [5.41, 5.74) is 0. The van der Waals surface area contributed by atoms with Crippen LogP contribution in [0.3, 0.4) is 0 Å². The van der Waals surface area contributed by atoms with Crippen LogP contribution in [0.2, 0.25) is 0 Å². The largest absolute Gasteiger partial charge is 1.00 e. The van der Waals surface area contributed by atoms with E-state index in [9.17, 15) is 25.2 Å². The van der Waals surface area contributed by atoms with Gasteiger partial charge in [-0.15, -0.1) is 0 Å². The molecule has 0 aromatic heterocycles. The standard InChI is InChI=1S/C4H10O.F6P.Li/c1-3-5-4-2;1-7(2,3,4,5)6;/h3-4H2,1-2H3;;/q;-1;+1. The van der Waals surface area contributed by atoms with Gasteiger partial charge in [-0.2, -0.15) is 0 Å². The van der Waals surface area contributed by atoms with Gasteiger partial charge < -0.3 is 4.74 Å². The van der Waals surface area contributed by atoms with E-state index in [2.05, 4.69) is 0 Å². The Labute approximate surface area is 84.2 Å². The first-order valence-electron chi connectivity index (χ1n) is 3.01. The van der Waals surface area contributed by atoms with Gasteiger partial charge in [0.05, 0.1) is 0 Å². The molecule has 0 spiro atoms. The summed E-state index contributed by atoms with van der Waals surface area (Å²) in [7, 11) is -10.7. The zero-order chi connectivity index (χ0) is 10.5. The van der Waals surface area contributed by atoms with Gasteiger partial charge in [-0.25, -0.2) is 0 Å². The molecule has 80 valence electrons. The first-order valence-corrected chi connectivity index (χ1v) is 5.03. The third-order valence-electron chi connectivity index (χ3n) is 0.408. The molecule has 0 radical (unpaired) electrons. The average Bonchev–Trinajstić information content (AvgIpc) is 1.58. The Morgan fingerprint density at radius 1 is 0.846 bits per heavy atom. The van der Waals surface area contributed by atoms with E-state index in [4.69, 9.17) is 4.74 Å². The Morgan fingerprint density at radius 3 is 1.00 bits per heavy atom. The molecule has 9 heteroatoms. The molecule has 13 heavy (non-hydrogen) atoms. The maximum atomic E-state index is 9.87. The monoisotopic (exact) mass is 226 g/mol. The second-order valence-corrected chi connectivity index (χ2v) is 3.66. The average molecular weight is 226 g/mol. The van der Waals surface area contributed by atoms with Gasteiger partial charge in [0.1, 0.15) is 0 Å². The SMILES string of the molecule is CCOCC.F[P-](F)(F)(F)(F)F.[Li+]. The Balaban J connectivity index is -0.000000150. The van der Waals surface area contributed by atoms with Gasteiger partial charge in [0.25, 0.3) is 0 Å². The number of ether oxygens (including phenoxy) is 1. The van der Waals surface area contributed by atoms with Crippen molar-refractivity contribution in [1.82, 2.24) is 0 Å². The fourth-order valence-electron chi connectivity index (χ4n) is 0.204. The molecule has 0 aliphatic rings. The second-order valence-electron chi connectivity index (χ2n) is 1.74. The quantitative estimate of drug-likeness (QED) is 0.393. The molecule has 0 saturated heterocycles. The van der Waals surface area contributed by atoms with E-state index in [1.54, 1.807) is 0 Å². The molecule has 0 amide bonds. The molecular formula is C4H10F6LiOP. The first-order chi connectivity index (χ1) is 4.86. The number of rotatable bonds is 2. The van der Waals surface area contributed by atoms with Crippen LogP contribution in [0.25, 0.3) is 0 Å². The molecule has 0 N–H and O–H groups in total. The second kappa shape index (κ2) is 4.88. The van der Waals surface area contributed by atoms with Gasteiger partial charge in [0.15, 0.2) is 0 Å². The van der Waals surface area contributed by atoms with E-state index in [0.29, 0.717) is 0 Å². The topological polar surface area (TPSA) is 9.23 Å². The van der Waals surface area contributed by atoms with Crippen molar-refractivity contribution in [3.8, 4) is 0 Å². The summed E-state index contributed by atoms with van der Waals surface area (Å²) in [6.07, 6.45) is 0. The van der Waals surface area contributed by atoms with Crippen molar-refractivity contribution in [1.29, 1.82) is 0 Å². The number of halogens is 6. The Hall–Kier alpha value is 0.567. The minimum Gasteiger partial charge on any atom is 1.00 e. The minimum atomic E-state index is -10.7. The van der Waals surface area contributed by atoms with Crippen molar-refractivity contribution >= 4 is 7.81 Å². The van der Waals surface area contributed by atoms with E-state index in [1.807, 2.05) is 13.8 Å². The van der Waals surface area contributed by atoms with Crippen LogP contribution in [0.15, 0.2) is 0 Å². The third-order valence-corrected chi connectivity index (χ3v) is 0.408. The smallest absolute Gasteiger partial charge is 1.00 e. The van der Waals surface area contributed by atoms with E-state index in [-0.39, 0.29) is 18.9 Å². The predicted molar refractivity (Wildman–Crippen MR) is 35.7 cm³/mol. The molecule has 0 aliphatic heterocycles. The molecule has 0 atom stereocenters. The van der Waals surface area contributed by atoms with E-state index in [0.717, 1.165) is 13.2 Å². The van der Waals surface area contributed by atoms with E-state index < -0.39 is 7.81 Å². The van der Waals surface area contributed by atoms with E-state index in [1.165, 1.54) is 0 Å². The van der Waals surface area contributed by atoms with Crippen molar-refractivity contribution in [2.75, 3.05) is 13.2 Å². The molecule has 0 heterocycles. The van der Waals surface area contributed by atoms with Crippen LogP contribution in [0.5, 0.6) is 0 Å². The summed E-state index contributed by atoms with van der Waals surface area (Å²) in [4.78, 5) is 0. The number of hydrogen-bond donors (Lipinski definition) is 0. The summed E-state index contributed by atoms with van der Waals surface area (Å²) in [6, 6.07) is 0. The minimum absolute atomic E-state index is 0. The van der Waals surface area contributed by atoms with Crippen LogP contribution in [0.1, 0.15) is 13.8 Å². The van der Waals surface area contributed by atoms with Crippen molar-refractivity contribution in [3.05, 3.63) is 0 Å². The summed E-state index contributed by atoms with van der Waals surface area (Å²) in [6.45, 7) is 5.67. The zero-order valence-electron chi connectivity index (χ0n) is 7.54. The fraction of sp³-hybridized carbons (Fsp3) is 1.00. The van der Waals surface area contributed by atoms with Gasteiger partial charge >= 0.3 is 51.9 Å². The molecule has 0 bridgehead atoms. The van der Waals surface area contributed by atoms with Gasteiger partial charge in [-0.3, -0.25) is 0 Å². The molecule has 0 unspecified atom stereocenters. The van der Waals surface area contributed by atoms with Gasteiger partial charge in [0.2, 0.25) is 0 Å². The summed E-state index contributed by atoms with van der Waals surface area (Å²) in [5.74, 6) is 0. The van der Waals surface area contributed by atoms with Crippen LogP contribution in [-0.2, 0) is 4.74 Å². The van der Waals surface area contributed by atoms with Crippen LogP contribution in [0, 0.1) is 0 Å². The molecule has 0 saturated carbocycles. The van der Waals surface area contributed by atoms with Crippen LogP contribution < -0.4 is 18.9 Å². The molecule has 1 nitrogen and oxygen atoms in total. The predicted octanol–water partition coefficient (Wildman–Crippen LogP) is 1.43. The van der Waals surface area contributed by atoms with E-state index >= 15 is 0 Å². The molecular weight excluding hydrogens is 216 g/mol. The molecule has 0 rings (SSSR count). The zero-order valence-corrected chi connectivity index (χ0v) is 8.43. The normalized spacial score (nSPS) is 15.7. The van der Waals surface area contributed by atoms with Gasteiger partial charge in [-0.05, 0) is 13.8 Å². The summed E-state index contributed by atoms with van der Waals surface area (Å²) in [5, 5.41) is 0. The maximum absolute atomic E-state index is 10.7.